The smallest absolute Gasteiger partial charge is 0.378 e. The summed E-state index contributed by atoms with van der Waals surface area (Å²) in [5.41, 5.74) is 3.31. The first kappa shape index (κ1) is 20.2. The lowest BCUT2D eigenvalue weighted by atomic mass is 10.1. The Kier molecular flexibility index (Phi) is 5.59. The largest absolute Gasteiger partial charge is 0.620 e. The second kappa shape index (κ2) is 8.32. The fraction of sp³-hybridized carbons (Fsp3) is 0.167. The van der Waals surface area contributed by atoms with Gasteiger partial charge in [-0.2, -0.15) is 9.73 Å². The third-order valence-electron chi connectivity index (χ3n) is 5.09. The van der Waals surface area contributed by atoms with Crippen molar-refractivity contribution in [2.75, 3.05) is 25.5 Å². The molecule has 1 unspecified atom stereocenters. The van der Waals surface area contributed by atoms with Crippen molar-refractivity contribution >= 4 is 33.7 Å². The standard InChI is InChI=1S/C24H23BrN4O/c1-27(2)18-26-24(20-11-7-4-8-12-20)28(22-15-13-21(25)14-16-22)17-23(29(24)30)19-9-5-3-6-10-19/h3-16,18H,17H2,1-2H3/b26-18+. The molecule has 0 N–H and O–H groups in total. The first-order valence-corrected chi connectivity index (χ1v) is 10.5. The summed E-state index contributed by atoms with van der Waals surface area (Å²) in [6.45, 7) is 0.439. The highest BCUT2D eigenvalue weighted by molar-refractivity contribution is 9.10. The van der Waals surface area contributed by atoms with Gasteiger partial charge in [0.2, 0.25) is 5.71 Å². The van der Waals surface area contributed by atoms with Gasteiger partial charge in [0, 0.05) is 29.8 Å². The zero-order valence-corrected chi connectivity index (χ0v) is 18.5. The van der Waals surface area contributed by atoms with Gasteiger partial charge in [-0.25, -0.2) is 0 Å². The van der Waals surface area contributed by atoms with Crippen molar-refractivity contribution < 1.29 is 4.74 Å². The Hall–Kier alpha value is -3.12. The molecule has 3 aromatic rings. The van der Waals surface area contributed by atoms with Crippen LogP contribution in [0.4, 0.5) is 5.69 Å². The van der Waals surface area contributed by atoms with Crippen LogP contribution in [-0.4, -0.2) is 42.3 Å². The maximum atomic E-state index is 14.0. The van der Waals surface area contributed by atoms with Gasteiger partial charge in [-0.15, -0.1) is 0 Å². The predicted molar refractivity (Wildman–Crippen MR) is 126 cm³/mol. The molecule has 0 amide bonds. The van der Waals surface area contributed by atoms with Crippen molar-refractivity contribution in [1.29, 1.82) is 0 Å². The lowest BCUT2D eigenvalue weighted by Crippen LogP contribution is -2.47. The molecular formula is C24H23BrN4O. The van der Waals surface area contributed by atoms with Gasteiger partial charge >= 0.3 is 5.79 Å². The minimum atomic E-state index is -1.25. The summed E-state index contributed by atoms with van der Waals surface area (Å²) in [7, 11) is 3.80. The molecular weight excluding hydrogens is 440 g/mol. The highest BCUT2D eigenvalue weighted by atomic mass is 79.9. The molecule has 0 bridgehead atoms. The van der Waals surface area contributed by atoms with Crippen LogP contribution in [0.5, 0.6) is 0 Å². The lowest BCUT2D eigenvalue weighted by Gasteiger charge is -2.33. The van der Waals surface area contributed by atoms with E-state index >= 15 is 0 Å². The van der Waals surface area contributed by atoms with E-state index in [2.05, 4.69) is 20.8 Å². The molecule has 6 heteroatoms. The predicted octanol–water partition coefficient (Wildman–Crippen LogP) is 4.67. The first-order valence-electron chi connectivity index (χ1n) is 9.71. The van der Waals surface area contributed by atoms with Gasteiger partial charge in [0.15, 0.2) is 0 Å². The first-order chi connectivity index (χ1) is 14.5. The van der Waals surface area contributed by atoms with Crippen LogP contribution in [0.3, 0.4) is 0 Å². The minimum Gasteiger partial charge on any atom is -0.620 e. The van der Waals surface area contributed by atoms with Crippen LogP contribution < -0.4 is 4.90 Å². The fourth-order valence-electron chi connectivity index (χ4n) is 3.68. The van der Waals surface area contributed by atoms with Crippen molar-refractivity contribution in [3.8, 4) is 0 Å². The number of aliphatic imine (C=N–C) groups is 1. The summed E-state index contributed by atoms with van der Waals surface area (Å²) in [6, 6.07) is 27.5. The Balaban J connectivity index is 1.98. The molecule has 30 heavy (non-hydrogen) atoms. The molecule has 0 aromatic heterocycles. The number of halogens is 1. The Morgan fingerprint density at radius 3 is 2.17 bits per heavy atom. The van der Waals surface area contributed by atoms with E-state index in [-0.39, 0.29) is 0 Å². The second-order valence-electron chi connectivity index (χ2n) is 7.38. The normalized spacial score (nSPS) is 19.0. The van der Waals surface area contributed by atoms with Crippen LogP contribution in [-0.2, 0) is 5.79 Å². The molecule has 0 saturated carbocycles. The van der Waals surface area contributed by atoms with Crippen LogP contribution in [0.25, 0.3) is 0 Å². The average Bonchev–Trinajstić information content (AvgIpc) is 3.07. The Morgan fingerprint density at radius 2 is 1.57 bits per heavy atom. The molecule has 0 spiro atoms. The van der Waals surface area contributed by atoms with Crippen molar-refractivity contribution in [3.05, 3.63) is 106 Å². The molecule has 1 atom stereocenters. The topological polar surface area (TPSA) is 44.9 Å². The SMILES string of the molecule is CN(C)/C=N/C1(c2ccccc2)N(c2ccc(Br)cc2)CC(c2ccccc2)=[N+]1[O-]. The number of anilines is 1. The number of nitrogens with zero attached hydrogens (tertiary/aromatic N) is 4. The van der Waals surface area contributed by atoms with Gasteiger partial charge in [-0.3, -0.25) is 4.90 Å². The van der Waals surface area contributed by atoms with Gasteiger partial charge in [0.05, 0.1) is 11.9 Å². The zero-order valence-electron chi connectivity index (χ0n) is 16.9. The van der Waals surface area contributed by atoms with Crippen LogP contribution in [0, 0.1) is 5.21 Å². The van der Waals surface area contributed by atoms with E-state index < -0.39 is 5.79 Å². The molecule has 4 rings (SSSR count). The molecule has 0 radical (unpaired) electrons. The second-order valence-corrected chi connectivity index (χ2v) is 8.29. The van der Waals surface area contributed by atoms with E-state index in [1.807, 2.05) is 104 Å². The quantitative estimate of drug-likeness (QED) is 0.239. The average molecular weight is 463 g/mol. The maximum absolute atomic E-state index is 14.0. The number of hydrogen-bond acceptors (Lipinski definition) is 3. The third-order valence-corrected chi connectivity index (χ3v) is 5.62. The molecule has 5 nitrogen and oxygen atoms in total. The van der Waals surface area contributed by atoms with Gasteiger partial charge in [-0.05, 0) is 48.5 Å². The summed E-state index contributed by atoms with van der Waals surface area (Å²) in [6.07, 6.45) is 1.71. The molecule has 0 saturated heterocycles. The Morgan fingerprint density at radius 1 is 0.967 bits per heavy atom. The van der Waals surface area contributed by atoms with Crippen molar-refractivity contribution in [2.24, 2.45) is 4.99 Å². The molecule has 1 heterocycles. The van der Waals surface area contributed by atoms with E-state index in [1.54, 1.807) is 6.34 Å². The molecule has 1 aliphatic rings. The van der Waals surface area contributed by atoms with Crippen molar-refractivity contribution in [1.82, 2.24) is 4.90 Å². The summed E-state index contributed by atoms with van der Waals surface area (Å²) in [5, 5.41) is 14.0. The molecule has 3 aromatic carbocycles. The summed E-state index contributed by atoms with van der Waals surface area (Å²) < 4.78 is 2.04. The van der Waals surface area contributed by atoms with Gasteiger partial charge in [0.25, 0.3) is 0 Å². The van der Waals surface area contributed by atoms with Crippen molar-refractivity contribution in [3.63, 3.8) is 0 Å². The molecule has 0 aliphatic carbocycles. The summed E-state index contributed by atoms with van der Waals surface area (Å²) in [4.78, 5) is 8.77. The van der Waals surface area contributed by atoms with E-state index in [0.717, 1.165) is 26.0 Å². The number of benzene rings is 3. The summed E-state index contributed by atoms with van der Waals surface area (Å²) >= 11 is 3.51. The molecule has 0 fully saturated rings. The van der Waals surface area contributed by atoms with Crippen LogP contribution >= 0.6 is 15.9 Å². The Labute approximate surface area is 185 Å². The lowest BCUT2D eigenvalue weighted by molar-refractivity contribution is -0.547. The highest BCUT2D eigenvalue weighted by Crippen LogP contribution is 2.40. The van der Waals surface area contributed by atoms with Gasteiger partial charge < -0.3 is 10.1 Å². The monoisotopic (exact) mass is 462 g/mol. The number of hydroxylamine groups is 1. The summed E-state index contributed by atoms with van der Waals surface area (Å²) in [5.74, 6) is -1.25. The van der Waals surface area contributed by atoms with Crippen LogP contribution in [0.1, 0.15) is 11.1 Å². The van der Waals surface area contributed by atoms with Crippen molar-refractivity contribution in [2.45, 2.75) is 5.79 Å². The van der Waals surface area contributed by atoms with E-state index in [9.17, 15) is 5.21 Å². The number of hydrogen-bond donors (Lipinski definition) is 0. The van der Waals surface area contributed by atoms with Crippen LogP contribution in [0.15, 0.2) is 94.4 Å². The van der Waals surface area contributed by atoms with Gasteiger partial charge in [0.1, 0.15) is 6.54 Å². The highest BCUT2D eigenvalue weighted by Gasteiger charge is 2.54. The van der Waals surface area contributed by atoms with Gasteiger partial charge in [-0.1, -0.05) is 52.3 Å². The molecule has 152 valence electrons. The van der Waals surface area contributed by atoms with E-state index in [0.29, 0.717) is 12.3 Å². The third kappa shape index (κ3) is 3.59. The number of rotatable bonds is 5. The molecule has 1 aliphatic heterocycles. The minimum absolute atomic E-state index is 0.439. The Bertz CT molecular complexity index is 1070. The zero-order chi connectivity index (χ0) is 21.1. The fourth-order valence-corrected chi connectivity index (χ4v) is 3.95. The van der Waals surface area contributed by atoms with Crippen LogP contribution in [0.2, 0.25) is 0 Å². The maximum Gasteiger partial charge on any atom is 0.378 e. The van der Waals surface area contributed by atoms with E-state index in [1.165, 1.54) is 0 Å². The van der Waals surface area contributed by atoms with E-state index in [4.69, 9.17) is 4.99 Å².